The first-order valence-corrected chi connectivity index (χ1v) is 8.65. The smallest absolute Gasteiger partial charge is 0.194 e. The van der Waals surface area contributed by atoms with E-state index in [2.05, 4.69) is 15.2 Å². The molecular formula is C16H23Cl2N3O2. The van der Waals surface area contributed by atoms with E-state index in [9.17, 15) is 5.11 Å². The Morgan fingerprint density at radius 2 is 2.30 bits per heavy atom. The maximum absolute atomic E-state index is 9.63. The monoisotopic (exact) mass is 359 g/mol. The molecule has 128 valence electrons. The SMILES string of the molecule is CCNC(=NCCCOc1ccc(Cl)cc1Cl)N1CC[C@@H](O)C1. The lowest BCUT2D eigenvalue weighted by Gasteiger charge is -2.20. The lowest BCUT2D eigenvalue weighted by atomic mass is 10.3. The van der Waals surface area contributed by atoms with Crippen LogP contribution in [0.1, 0.15) is 19.8 Å². The van der Waals surface area contributed by atoms with Gasteiger partial charge in [0.25, 0.3) is 0 Å². The number of aliphatic imine (C=N–C) groups is 1. The Morgan fingerprint density at radius 3 is 2.96 bits per heavy atom. The molecule has 1 saturated heterocycles. The second-order valence-corrected chi connectivity index (χ2v) is 6.24. The minimum Gasteiger partial charge on any atom is -0.492 e. The average Bonchev–Trinajstić information content (AvgIpc) is 2.94. The quantitative estimate of drug-likeness (QED) is 0.465. The summed E-state index contributed by atoms with van der Waals surface area (Å²) in [6.45, 7) is 5.51. The van der Waals surface area contributed by atoms with Gasteiger partial charge in [-0.05, 0) is 31.5 Å². The summed E-state index contributed by atoms with van der Waals surface area (Å²) in [6, 6.07) is 5.19. The number of hydrogen-bond acceptors (Lipinski definition) is 3. The Balaban J connectivity index is 1.77. The Kier molecular flexibility index (Phi) is 7.27. The highest BCUT2D eigenvalue weighted by atomic mass is 35.5. The molecule has 0 amide bonds. The van der Waals surface area contributed by atoms with Gasteiger partial charge in [0, 0.05) is 37.6 Å². The van der Waals surface area contributed by atoms with Gasteiger partial charge in [-0.2, -0.15) is 0 Å². The lowest BCUT2D eigenvalue weighted by molar-refractivity contribution is 0.187. The van der Waals surface area contributed by atoms with Crippen molar-refractivity contribution in [1.29, 1.82) is 0 Å². The van der Waals surface area contributed by atoms with Crippen molar-refractivity contribution in [3.8, 4) is 5.75 Å². The van der Waals surface area contributed by atoms with Crippen LogP contribution in [0.3, 0.4) is 0 Å². The van der Waals surface area contributed by atoms with Gasteiger partial charge in [0.15, 0.2) is 5.96 Å². The Labute approximate surface area is 147 Å². The number of ether oxygens (including phenoxy) is 1. The van der Waals surface area contributed by atoms with Crippen molar-refractivity contribution in [1.82, 2.24) is 10.2 Å². The third-order valence-corrected chi connectivity index (χ3v) is 4.04. The van der Waals surface area contributed by atoms with Crippen LogP contribution in [0.5, 0.6) is 5.75 Å². The van der Waals surface area contributed by atoms with Crippen LogP contribution in [0.15, 0.2) is 23.2 Å². The van der Waals surface area contributed by atoms with E-state index in [0.717, 1.165) is 31.9 Å². The van der Waals surface area contributed by atoms with Gasteiger partial charge in [-0.15, -0.1) is 0 Å². The van der Waals surface area contributed by atoms with Crippen molar-refractivity contribution in [2.75, 3.05) is 32.8 Å². The van der Waals surface area contributed by atoms with E-state index in [1.54, 1.807) is 18.2 Å². The Morgan fingerprint density at radius 1 is 1.48 bits per heavy atom. The van der Waals surface area contributed by atoms with Gasteiger partial charge in [0.05, 0.1) is 17.7 Å². The molecule has 7 heteroatoms. The molecule has 0 aromatic heterocycles. The van der Waals surface area contributed by atoms with E-state index in [-0.39, 0.29) is 6.10 Å². The molecule has 1 atom stereocenters. The molecule has 23 heavy (non-hydrogen) atoms. The molecule has 0 radical (unpaired) electrons. The molecule has 0 unspecified atom stereocenters. The van der Waals surface area contributed by atoms with Gasteiger partial charge in [-0.25, -0.2) is 0 Å². The highest BCUT2D eigenvalue weighted by Gasteiger charge is 2.22. The summed E-state index contributed by atoms with van der Waals surface area (Å²) in [6.07, 6.45) is 1.32. The largest absolute Gasteiger partial charge is 0.492 e. The maximum atomic E-state index is 9.63. The van der Waals surface area contributed by atoms with E-state index in [4.69, 9.17) is 27.9 Å². The number of benzene rings is 1. The van der Waals surface area contributed by atoms with Gasteiger partial charge in [0.2, 0.25) is 0 Å². The van der Waals surface area contributed by atoms with Crippen molar-refractivity contribution in [2.45, 2.75) is 25.9 Å². The summed E-state index contributed by atoms with van der Waals surface area (Å²) >= 11 is 11.9. The number of aliphatic hydroxyl groups excluding tert-OH is 1. The first kappa shape index (κ1) is 18.2. The number of hydrogen-bond donors (Lipinski definition) is 2. The summed E-state index contributed by atoms with van der Waals surface area (Å²) in [4.78, 5) is 6.67. The molecule has 1 aliphatic heterocycles. The van der Waals surface area contributed by atoms with Crippen LogP contribution < -0.4 is 10.1 Å². The average molecular weight is 360 g/mol. The normalized spacial score (nSPS) is 18.3. The van der Waals surface area contributed by atoms with Gasteiger partial charge in [-0.1, -0.05) is 23.2 Å². The molecule has 1 aliphatic rings. The zero-order chi connectivity index (χ0) is 16.7. The molecule has 1 aromatic rings. The maximum Gasteiger partial charge on any atom is 0.194 e. The summed E-state index contributed by atoms with van der Waals surface area (Å²) in [7, 11) is 0. The number of nitrogens with zero attached hydrogens (tertiary/aromatic N) is 2. The molecule has 0 aliphatic carbocycles. The van der Waals surface area contributed by atoms with E-state index >= 15 is 0 Å². The number of guanidine groups is 1. The Bertz CT molecular complexity index is 540. The van der Waals surface area contributed by atoms with Crippen molar-refractivity contribution in [3.63, 3.8) is 0 Å². The van der Waals surface area contributed by atoms with Gasteiger partial charge < -0.3 is 20.1 Å². The van der Waals surface area contributed by atoms with E-state index in [0.29, 0.717) is 35.5 Å². The van der Waals surface area contributed by atoms with E-state index in [1.165, 1.54) is 0 Å². The molecule has 2 rings (SSSR count). The fraction of sp³-hybridized carbons (Fsp3) is 0.562. The van der Waals surface area contributed by atoms with Crippen LogP contribution in [0.25, 0.3) is 0 Å². The molecule has 1 aromatic carbocycles. The molecule has 5 nitrogen and oxygen atoms in total. The number of nitrogens with one attached hydrogen (secondary N) is 1. The van der Waals surface area contributed by atoms with Crippen LogP contribution in [0, 0.1) is 0 Å². The number of β-amino-alcohol motifs (C(OH)–C–C–N with tert-alkyl or cyclic N) is 1. The fourth-order valence-corrected chi connectivity index (χ4v) is 2.85. The molecule has 2 N–H and O–H groups in total. The minimum atomic E-state index is -0.255. The molecule has 0 saturated carbocycles. The van der Waals surface area contributed by atoms with Crippen LogP contribution in [0.4, 0.5) is 0 Å². The van der Waals surface area contributed by atoms with Gasteiger partial charge >= 0.3 is 0 Å². The molecular weight excluding hydrogens is 337 g/mol. The predicted molar refractivity (Wildman–Crippen MR) is 94.7 cm³/mol. The summed E-state index contributed by atoms with van der Waals surface area (Å²) in [5, 5.41) is 14.0. The molecule has 1 fully saturated rings. The second-order valence-electron chi connectivity index (χ2n) is 5.40. The minimum absolute atomic E-state index is 0.255. The first-order chi connectivity index (χ1) is 11.1. The zero-order valence-electron chi connectivity index (χ0n) is 13.3. The van der Waals surface area contributed by atoms with Crippen molar-refractivity contribution < 1.29 is 9.84 Å². The molecule has 1 heterocycles. The third kappa shape index (κ3) is 5.75. The van der Waals surface area contributed by atoms with Crippen LogP contribution in [-0.2, 0) is 0 Å². The highest BCUT2D eigenvalue weighted by molar-refractivity contribution is 6.35. The summed E-state index contributed by atoms with van der Waals surface area (Å²) < 4.78 is 5.64. The molecule has 0 spiro atoms. The topological polar surface area (TPSA) is 57.1 Å². The zero-order valence-corrected chi connectivity index (χ0v) is 14.8. The number of aliphatic hydroxyl groups is 1. The standard InChI is InChI=1S/C16H23Cl2N3O2/c1-2-19-16(21-8-6-13(22)11-21)20-7-3-9-23-15-5-4-12(17)10-14(15)18/h4-5,10,13,22H,2-3,6-9,11H2,1H3,(H,19,20)/t13-/m1/s1. The summed E-state index contributed by atoms with van der Waals surface area (Å²) in [5.74, 6) is 1.49. The Hall–Kier alpha value is -1.17. The number of likely N-dealkylation sites (tertiary alicyclic amines) is 1. The van der Waals surface area contributed by atoms with E-state index < -0.39 is 0 Å². The summed E-state index contributed by atoms with van der Waals surface area (Å²) in [5.41, 5.74) is 0. The third-order valence-electron chi connectivity index (χ3n) is 3.51. The van der Waals surface area contributed by atoms with Crippen molar-refractivity contribution in [3.05, 3.63) is 28.2 Å². The number of halogens is 2. The van der Waals surface area contributed by atoms with E-state index in [1.807, 2.05) is 6.92 Å². The number of rotatable bonds is 6. The van der Waals surface area contributed by atoms with Gasteiger partial charge in [0.1, 0.15) is 5.75 Å². The van der Waals surface area contributed by atoms with Gasteiger partial charge in [-0.3, -0.25) is 4.99 Å². The van der Waals surface area contributed by atoms with Crippen molar-refractivity contribution in [2.24, 2.45) is 4.99 Å². The van der Waals surface area contributed by atoms with Crippen LogP contribution in [0.2, 0.25) is 10.0 Å². The van der Waals surface area contributed by atoms with Crippen LogP contribution >= 0.6 is 23.2 Å². The predicted octanol–water partition coefficient (Wildman–Crippen LogP) is 2.79. The highest BCUT2D eigenvalue weighted by Crippen LogP contribution is 2.27. The fourth-order valence-electron chi connectivity index (χ4n) is 2.38. The first-order valence-electron chi connectivity index (χ1n) is 7.89. The van der Waals surface area contributed by atoms with Crippen LogP contribution in [-0.4, -0.2) is 54.9 Å². The molecule has 0 bridgehead atoms. The van der Waals surface area contributed by atoms with Crippen molar-refractivity contribution >= 4 is 29.2 Å². The second kappa shape index (κ2) is 9.21. The lowest BCUT2D eigenvalue weighted by Crippen LogP contribution is -2.40.